The van der Waals surface area contributed by atoms with Crippen LogP contribution in [0.5, 0.6) is 5.75 Å². The topological polar surface area (TPSA) is 66.8 Å². The molecule has 1 heterocycles. The number of aromatic carboxylic acids is 1. The number of fused-ring (bicyclic) bond motifs is 1. The van der Waals surface area contributed by atoms with Crippen molar-refractivity contribution < 1.29 is 19.4 Å². The number of carbonyl (C=O) groups is 2. The number of anilines is 1. The van der Waals surface area contributed by atoms with Gasteiger partial charge in [0.2, 0.25) is 5.91 Å². The molecule has 0 spiro atoms. The molecule has 0 aliphatic carbocycles. The fourth-order valence-electron chi connectivity index (χ4n) is 1.97. The lowest BCUT2D eigenvalue weighted by molar-refractivity contribution is -0.118. The number of nitrogens with zero attached hydrogens (tertiary/aromatic N) is 1. The minimum Gasteiger partial charge on any atom is -0.491 e. The molecule has 18 heavy (non-hydrogen) atoms. The van der Waals surface area contributed by atoms with E-state index >= 15 is 0 Å². The summed E-state index contributed by atoms with van der Waals surface area (Å²) in [6.45, 7) is 2.89. The highest BCUT2D eigenvalue weighted by Crippen LogP contribution is 2.32. The van der Waals surface area contributed by atoms with Crippen molar-refractivity contribution >= 4 is 17.6 Å². The van der Waals surface area contributed by atoms with Gasteiger partial charge in [-0.2, -0.15) is 0 Å². The summed E-state index contributed by atoms with van der Waals surface area (Å²) in [7, 11) is 0. The average Bonchev–Trinajstić information content (AvgIpc) is 2.49. The first kappa shape index (κ1) is 12.4. The van der Waals surface area contributed by atoms with Crippen molar-refractivity contribution in [3.05, 3.63) is 23.8 Å². The second-order valence-electron chi connectivity index (χ2n) is 4.13. The van der Waals surface area contributed by atoms with Crippen LogP contribution < -0.4 is 9.64 Å². The molecule has 1 aliphatic heterocycles. The van der Waals surface area contributed by atoms with Crippen molar-refractivity contribution in [1.82, 2.24) is 0 Å². The Morgan fingerprint density at radius 3 is 2.94 bits per heavy atom. The van der Waals surface area contributed by atoms with Gasteiger partial charge in [0.25, 0.3) is 0 Å². The molecule has 2 rings (SSSR count). The Hall–Kier alpha value is -2.04. The van der Waals surface area contributed by atoms with E-state index in [1.54, 1.807) is 11.0 Å². The van der Waals surface area contributed by atoms with E-state index in [9.17, 15) is 9.59 Å². The molecular formula is C13H15NO4. The Kier molecular flexibility index (Phi) is 3.50. The lowest BCUT2D eigenvalue weighted by Gasteiger charge is -2.21. The van der Waals surface area contributed by atoms with Gasteiger partial charge in [-0.25, -0.2) is 4.79 Å². The van der Waals surface area contributed by atoms with Crippen LogP contribution in [0.1, 0.15) is 30.1 Å². The SMILES string of the molecule is CCCN1C(=O)CCOc2cc(C(=O)O)ccc21. The molecule has 0 radical (unpaired) electrons. The Morgan fingerprint density at radius 2 is 2.28 bits per heavy atom. The molecule has 0 saturated carbocycles. The predicted molar refractivity (Wildman–Crippen MR) is 66.2 cm³/mol. The Balaban J connectivity index is 2.43. The van der Waals surface area contributed by atoms with Crippen LogP contribution >= 0.6 is 0 Å². The molecule has 1 amide bonds. The van der Waals surface area contributed by atoms with Crippen molar-refractivity contribution in [1.29, 1.82) is 0 Å². The first-order valence-electron chi connectivity index (χ1n) is 5.94. The number of amides is 1. The van der Waals surface area contributed by atoms with Gasteiger partial charge in [-0.15, -0.1) is 0 Å². The summed E-state index contributed by atoms with van der Waals surface area (Å²) < 4.78 is 5.46. The van der Waals surface area contributed by atoms with E-state index in [1.807, 2.05) is 6.92 Å². The third-order valence-electron chi connectivity index (χ3n) is 2.82. The maximum atomic E-state index is 11.9. The van der Waals surface area contributed by atoms with Crippen molar-refractivity contribution in [2.75, 3.05) is 18.1 Å². The quantitative estimate of drug-likeness (QED) is 0.888. The number of benzene rings is 1. The van der Waals surface area contributed by atoms with E-state index in [1.165, 1.54) is 12.1 Å². The van der Waals surface area contributed by atoms with Crippen molar-refractivity contribution in [2.24, 2.45) is 0 Å². The number of carboxylic acid groups (broad SMARTS) is 1. The van der Waals surface area contributed by atoms with Crippen molar-refractivity contribution in [3.63, 3.8) is 0 Å². The number of carbonyl (C=O) groups excluding carboxylic acids is 1. The summed E-state index contributed by atoms with van der Waals surface area (Å²) in [5, 5.41) is 8.94. The van der Waals surface area contributed by atoms with E-state index in [-0.39, 0.29) is 18.1 Å². The van der Waals surface area contributed by atoms with Crippen LogP contribution in [0.4, 0.5) is 5.69 Å². The Labute approximate surface area is 105 Å². The van der Waals surface area contributed by atoms with Crippen LogP contribution in [0.15, 0.2) is 18.2 Å². The molecule has 0 saturated heterocycles. The molecule has 0 unspecified atom stereocenters. The summed E-state index contributed by atoms with van der Waals surface area (Å²) in [4.78, 5) is 24.5. The summed E-state index contributed by atoms with van der Waals surface area (Å²) >= 11 is 0. The van der Waals surface area contributed by atoms with Gasteiger partial charge >= 0.3 is 5.97 Å². The maximum absolute atomic E-state index is 11.9. The molecule has 1 N–H and O–H groups in total. The fraction of sp³-hybridized carbons (Fsp3) is 0.385. The van der Waals surface area contributed by atoms with Crippen LogP contribution in [-0.2, 0) is 4.79 Å². The summed E-state index contributed by atoms with van der Waals surface area (Å²) in [5.74, 6) is -0.521. The fourth-order valence-corrected chi connectivity index (χ4v) is 1.97. The highest BCUT2D eigenvalue weighted by Gasteiger charge is 2.23. The van der Waals surface area contributed by atoms with Crippen molar-refractivity contribution in [3.8, 4) is 5.75 Å². The standard InChI is InChI=1S/C13H15NO4/c1-2-6-14-10-4-3-9(13(16)17)8-11(10)18-7-5-12(14)15/h3-4,8H,2,5-7H2,1H3,(H,16,17). The van der Waals surface area contributed by atoms with Crippen LogP contribution in [0.2, 0.25) is 0 Å². The molecular weight excluding hydrogens is 234 g/mol. The summed E-state index contributed by atoms with van der Waals surface area (Å²) in [6, 6.07) is 4.60. The van der Waals surface area contributed by atoms with Gasteiger partial charge in [-0.3, -0.25) is 4.79 Å². The monoisotopic (exact) mass is 249 g/mol. The zero-order valence-corrected chi connectivity index (χ0v) is 10.2. The second-order valence-corrected chi connectivity index (χ2v) is 4.13. The van der Waals surface area contributed by atoms with Gasteiger partial charge in [0.1, 0.15) is 5.75 Å². The number of hydrogen-bond donors (Lipinski definition) is 1. The van der Waals surface area contributed by atoms with E-state index in [0.29, 0.717) is 24.4 Å². The minimum atomic E-state index is -1.00. The summed E-state index contributed by atoms with van der Waals surface area (Å²) in [5.41, 5.74) is 0.823. The van der Waals surface area contributed by atoms with Gasteiger partial charge in [-0.05, 0) is 24.6 Å². The van der Waals surface area contributed by atoms with Gasteiger partial charge in [0.15, 0.2) is 0 Å². The van der Waals surface area contributed by atoms with Gasteiger partial charge in [0.05, 0.1) is 24.3 Å². The highest BCUT2D eigenvalue weighted by atomic mass is 16.5. The molecule has 1 aromatic rings. The Bertz CT molecular complexity index is 484. The molecule has 5 heteroatoms. The molecule has 96 valence electrons. The largest absolute Gasteiger partial charge is 0.491 e. The van der Waals surface area contributed by atoms with Crippen LogP contribution in [0.25, 0.3) is 0 Å². The lowest BCUT2D eigenvalue weighted by atomic mass is 10.1. The first-order chi connectivity index (χ1) is 8.63. The van der Waals surface area contributed by atoms with Gasteiger partial charge in [0, 0.05) is 6.54 Å². The number of hydrogen-bond acceptors (Lipinski definition) is 3. The average molecular weight is 249 g/mol. The maximum Gasteiger partial charge on any atom is 0.335 e. The van der Waals surface area contributed by atoms with Crippen LogP contribution in [0, 0.1) is 0 Å². The molecule has 0 bridgehead atoms. The van der Waals surface area contributed by atoms with Crippen LogP contribution in [-0.4, -0.2) is 30.1 Å². The summed E-state index contributed by atoms with van der Waals surface area (Å²) in [6.07, 6.45) is 1.16. The molecule has 1 aromatic carbocycles. The van der Waals surface area contributed by atoms with Gasteiger partial charge in [-0.1, -0.05) is 6.92 Å². The van der Waals surface area contributed by atoms with Crippen molar-refractivity contribution in [2.45, 2.75) is 19.8 Å². The molecule has 1 aliphatic rings. The predicted octanol–water partition coefficient (Wildman–Crippen LogP) is 1.91. The van der Waals surface area contributed by atoms with Gasteiger partial charge < -0.3 is 14.7 Å². The minimum absolute atomic E-state index is 0.0127. The first-order valence-corrected chi connectivity index (χ1v) is 5.94. The smallest absolute Gasteiger partial charge is 0.335 e. The highest BCUT2D eigenvalue weighted by molar-refractivity contribution is 5.97. The van der Waals surface area contributed by atoms with E-state index in [2.05, 4.69) is 0 Å². The third kappa shape index (κ3) is 2.30. The lowest BCUT2D eigenvalue weighted by Crippen LogP contribution is -2.30. The Morgan fingerprint density at radius 1 is 1.50 bits per heavy atom. The molecule has 5 nitrogen and oxygen atoms in total. The zero-order chi connectivity index (χ0) is 13.1. The molecule has 0 aromatic heterocycles. The normalized spacial score (nSPS) is 14.7. The number of carboxylic acids is 1. The number of rotatable bonds is 3. The third-order valence-corrected chi connectivity index (χ3v) is 2.82. The van der Waals surface area contributed by atoms with E-state index < -0.39 is 5.97 Å². The number of ether oxygens (including phenoxy) is 1. The zero-order valence-electron chi connectivity index (χ0n) is 10.2. The van der Waals surface area contributed by atoms with E-state index in [4.69, 9.17) is 9.84 Å². The van der Waals surface area contributed by atoms with E-state index in [0.717, 1.165) is 6.42 Å². The molecule has 0 fully saturated rings. The molecule has 0 atom stereocenters. The second kappa shape index (κ2) is 5.08. The van der Waals surface area contributed by atoms with Crippen LogP contribution in [0.3, 0.4) is 0 Å².